The highest BCUT2D eigenvalue weighted by molar-refractivity contribution is 5.70. The summed E-state index contributed by atoms with van der Waals surface area (Å²) in [5.41, 5.74) is 8.91. The van der Waals surface area contributed by atoms with Gasteiger partial charge in [0.1, 0.15) is 5.75 Å². The molecule has 0 spiro atoms. The van der Waals surface area contributed by atoms with Gasteiger partial charge in [-0.25, -0.2) is 0 Å². The minimum absolute atomic E-state index is 0.652. The van der Waals surface area contributed by atoms with Crippen LogP contribution in [0.1, 0.15) is 5.56 Å². The average Bonchev–Trinajstić information content (AvgIpc) is 2.40. The van der Waals surface area contributed by atoms with Crippen LogP contribution < -0.4 is 10.5 Å². The van der Waals surface area contributed by atoms with Crippen molar-refractivity contribution in [3.63, 3.8) is 0 Å². The Labute approximate surface area is 101 Å². The molecule has 1 heterocycles. The van der Waals surface area contributed by atoms with Gasteiger partial charge in [-0.3, -0.25) is 4.98 Å². The molecule has 0 unspecified atom stereocenters. The molecule has 17 heavy (non-hydrogen) atoms. The molecule has 2 rings (SSSR count). The third-order valence-corrected chi connectivity index (χ3v) is 2.67. The molecule has 0 bridgehead atoms. The highest BCUT2D eigenvalue weighted by Crippen LogP contribution is 2.30. The molecule has 2 N–H and O–H groups in total. The number of nitrogens with two attached hydrogens (primary N) is 1. The summed E-state index contributed by atoms with van der Waals surface area (Å²) in [5, 5.41) is 0. The first-order valence-electron chi connectivity index (χ1n) is 5.62. The van der Waals surface area contributed by atoms with Gasteiger partial charge in [0.25, 0.3) is 0 Å². The predicted octanol–water partition coefficient (Wildman–Crippen LogP) is 2.26. The van der Waals surface area contributed by atoms with Gasteiger partial charge >= 0.3 is 0 Å². The molecule has 1 aromatic heterocycles. The smallest absolute Gasteiger partial charge is 0.126 e. The first-order chi connectivity index (χ1) is 8.35. The van der Waals surface area contributed by atoms with Crippen LogP contribution in [-0.4, -0.2) is 18.6 Å². The molecule has 1 aromatic carbocycles. The van der Waals surface area contributed by atoms with E-state index >= 15 is 0 Å². The van der Waals surface area contributed by atoms with Crippen LogP contribution in [0.2, 0.25) is 0 Å². The van der Waals surface area contributed by atoms with Gasteiger partial charge in [-0.1, -0.05) is 12.1 Å². The SMILES string of the molecule is COc1ccc(CCN)cc1-c1cccnc1. The van der Waals surface area contributed by atoms with Crippen LogP contribution in [0.25, 0.3) is 11.1 Å². The molecule has 3 heteroatoms. The number of hydrogen-bond donors (Lipinski definition) is 1. The number of methoxy groups -OCH3 is 1. The Bertz CT molecular complexity index is 483. The predicted molar refractivity (Wildman–Crippen MR) is 69.0 cm³/mol. The number of rotatable bonds is 4. The fourth-order valence-corrected chi connectivity index (χ4v) is 1.82. The standard InChI is InChI=1S/C14H16N2O/c1-17-14-5-4-11(6-7-15)9-13(14)12-3-2-8-16-10-12/h2-5,8-10H,6-7,15H2,1H3. The van der Waals surface area contributed by atoms with E-state index in [1.165, 1.54) is 5.56 Å². The first-order valence-corrected chi connectivity index (χ1v) is 5.62. The summed E-state index contributed by atoms with van der Waals surface area (Å²) in [6, 6.07) is 10.1. The lowest BCUT2D eigenvalue weighted by molar-refractivity contribution is 0.416. The molecule has 0 amide bonds. The fourth-order valence-electron chi connectivity index (χ4n) is 1.82. The molecule has 0 aliphatic rings. The third kappa shape index (κ3) is 2.63. The number of nitrogens with zero attached hydrogens (tertiary/aromatic N) is 1. The molecule has 3 nitrogen and oxygen atoms in total. The van der Waals surface area contributed by atoms with Crippen molar-refractivity contribution in [1.82, 2.24) is 4.98 Å². The van der Waals surface area contributed by atoms with E-state index in [-0.39, 0.29) is 0 Å². The molecule has 0 saturated heterocycles. The van der Waals surface area contributed by atoms with Crippen molar-refractivity contribution in [2.75, 3.05) is 13.7 Å². The number of benzene rings is 1. The Balaban J connectivity index is 2.46. The van der Waals surface area contributed by atoms with Crippen molar-refractivity contribution in [3.05, 3.63) is 48.3 Å². The normalized spacial score (nSPS) is 10.2. The van der Waals surface area contributed by atoms with Gasteiger partial charge in [0.05, 0.1) is 7.11 Å². The summed E-state index contributed by atoms with van der Waals surface area (Å²) < 4.78 is 5.37. The van der Waals surface area contributed by atoms with E-state index in [1.807, 2.05) is 30.5 Å². The third-order valence-electron chi connectivity index (χ3n) is 2.67. The molecule has 88 valence electrons. The van der Waals surface area contributed by atoms with Gasteiger partial charge in [-0.05, 0) is 36.7 Å². The zero-order valence-corrected chi connectivity index (χ0v) is 9.89. The van der Waals surface area contributed by atoms with Crippen LogP contribution in [0, 0.1) is 0 Å². The summed E-state index contributed by atoms with van der Waals surface area (Å²) >= 11 is 0. The maximum Gasteiger partial charge on any atom is 0.126 e. The van der Waals surface area contributed by atoms with E-state index in [4.69, 9.17) is 10.5 Å². The second-order valence-corrected chi connectivity index (χ2v) is 3.82. The second kappa shape index (κ2) is 5.46. The number of pyridine rings is 1. The minimum atomic E-state index is 0.652. The van der Waals surface area contributed by atoms with Crippen LogP contribution in [0.3, 0.4) is 0 Å². The van der Waals surface area contributed by atoms with Gasteiger partial charge in [-0.2, -0.15) is 0 Å². The molecular formula is C14H16N2O. The Morgan fingerprint density at radius 2 is 2.18 bits per heavy atom. The van der Waals surface area contributed by atoms with Crippen molar-refractivity contribution in [1.29, 1.82) is 0 Å². The number of aromatic nitrogens is 1. The Morgan fingerprint density at radius 1 is 1.29 bits per heavy atom. The van der Waals surface area contributed by atoms with E-state index in [0.29, 0.717) is 6.54 Å². The Morgan fingerprint density at radius 3 is 2.82 bits per heavy atom. The summed E-state index contributed by atoms with van der Waals surface area (Å²) in [6.45, 7) is 0.652. The highest BCUT2D eigenvalue weighted by Gasteiger charge is 2.06. The quantitative estimate of drug-likeness (QED) is 0.873. The van der Waals surface area contributed by atoms with Crippen molar-refractivity contribution in [2.24, 2.45) is 5.73 Å². The van der Waals surface area contributed by atoms with Crippen LogP contribution in [0.15, 0.2) is 42.7 Å². The van der Waals surface area contributed by atoms with E-state index in [1.54, 1.807) is 13.3 Å². The monoisotopic (exact) mass is 228 g/mol. The molecule has 0 saturated carbocycles. The molecule has 0 aliphatic carbocycles. The fraction of sp³-hybridized carbons (Fsp3) is 0.214. The Kier molecular flexibility index (Phi) is 3.73. The first kappa shape index (κ1) is 11.6. The lowest BCUT2D eigenvalue weighted by Gasteiger charge is -2.10. The van der Waals surface area contributed by atoms with E-state index in [9.17, 15) is 0 Å². The van der Waals surface area contributed by atoms with Gasteiger partial charge in [-0.15, -0.1) is 0 Å². The maximum atomic E-state index is 5.58. The zero-order valence-electron chi connectivity index (χ0n) is 9.89. The lowest BCUT2D eigenvalue weighted by atomic mass is 10.0. The zero-order chi connectivity index (χ0) is 12.1. The lowest BCUT2D eigenvalue weighted by Crippen LogP contribution is -2.03. The van der Waals surface area contributed by atoms with Crippen LogP contribution in [0.5, 0.6) is 5.75 Å². The molecule has 0 radical (unpaired) electrons. The van der Waals surface area contributed by atoms with Gasteiger partial charge in [0, 0.05) is 23.5 Å². The Hall–Kier alpha value is -1.87. The maximum absolute atomic E-state index is 5.58. The molecular weight excluding hydrogens is 212 g/mol. The van der Waals surface area contributed by atoms with E-state index < -0.39 is 0 Å². The highest BCUT2D eigenvalue weighted by atomic mass is 16.5. The molecule has 0 aliphatic heterocycles. The van der Waals surface area contributed by atoms with E-state index in [0.717, 1.165) is 23.3 Å². The summed E-state index contributed by atoms with van der Waals surface area (Å²) in [6.07, 6.45) is 4.47. The summed E-state index contributed by atoms with van der Waals surface area (Å²) in [7, 11) is 1.68. The van der Waals surface area contributed by atoms with Crippen molar-refractivity contribution in [3.8, 4) is 16.9 Å². The summed E-state index contributed by atoms with van der Waals surface area (Å²) in [4.78, 5) is 4.13. The summed E-state index contributed by atoms with van der Waals surface area (Å²) in [5.74, 6) is 0.860. The molecule has 2 aromatic rings. The minimum Gasteiger partial charge on any atom is -0.496 e. The molecule has 0 fully saturated rings. The van der Waals surface area contributed by atoms with Crippen LogP contribution in [0.4, 0.5) is 0 Å². The van der Waals surface area contributed by atoms with Gasteiger partial charge in [0.15, 0.2) is 0 Å². The topological polar surface area (TPSA) is 48.1 Å². The number of ether oxygens (including phenoxy) is 1. The van der Waals surface area contributed by atoms with Gasteiger partial charge in [0.2, 0.25) is 0 Å². The van der Waals surface area contributed by atoms with Crippen molar-refractivity contribution < 1.29 is 4.74 Å². The van der Waals surface area contributed by atoms with Crippen LogP contribution in [-0.2, 0) is 6.42 Å². The van der Waals surface area contributed by atoms with Crippen molar-refractivity contribution in [2.45, 2.75) is 6.42 Å². The molecule has 0 atom stereocenters. The van der Waals surface area contributed by atoms with Gasteiger partial charge < -0.3 is 10.5 Å². The number of hydrogen-bond acceptors (Lipinski definition) is 3. The largest absolute Gasteiger partial charge is 0.496 e. The van der Waals surface area contributed by atoms with Crippen LogP contribution >= 0.6 is 0 Å². The average molecular weight is 228 g/mol. The van der Waals surface area contributed by atoms with Crippen molar-refractivity contribution >= 4 is 0 Å². The van der Waals surface area contributed by atoms with E-state index in [2.05, 4.69) is 11.1 Å². The second-order valence-electron chi connectivity index (χ2n) is 3.82.